The molecule has 0 amide bonds. The third-order valence-corrected chi connectivity index (χ3v) is 3.06. The van der Waals surface area contributed by atoms with Gasteiger partial charge in [-0.1, -0.05) is 0 Å². The van der Waals surface area contributed by atoms with Crippen molar-refractivity contribution in [2.45, 2.75) is 6.92 Å². The van der Waals surface area contributed by atoms with Crippen molar-refractivity contribution in [3.63, 3.8) is 0 Å². The summed E-state index contributed by atoms with van der Waals surface area (Å²) in [4.78, 5) is 25.6. The van der Waals surface area contributed by atoms with Gasteiger partial charge in [0.15, 0.2) is 0 Å². The average molecular weight is 297 g/mol. The maximum atomic E-state index is 10.9. The van der Waals surface area contributed by atoms with E-state index in [0.29, 0.717) is 17.1 Å². The van der Waals surface area contributed by atoms with E-state index in [1.807, 2.05) is 0 Å². The number of rotatable bonds is 3. The van der Waals surface area contributed by atoms with Gasteiger partial charge in [-0.25, -0.2) is 4.98 Å². The van der Waals surface area contributed by atoms with Gasteiger partial charge in [0.2, 0.25) is 0 Å². The monoisotopic (exact) mass is 297 g/mol. The van der Waals surface area contributed by atoms with Crippen LogP contribution in [0.1, 0.15) is 6.92 Å². The van der Waals surface area contributed by atoms with E-state index in [2.05, 4.69) is 4.98 Å². The molecule has 0 saturated carbocycles. The van der Waals surface area contributed by atoms with Gasteiger partial charge in [-0.15, -0.1) is 0 Å². The number of benzene rings is 1. The molecule has 0 unspecified atom stereocenters. The van der Waals surface area contributed by atoms with Gasteiger partial charge in [-0.05, 0) is 30.3 Å². The Morgan fingerprint density at radius 2 is 1.91 bits per heavy atom. The fraction of sp³-hybridized carbons (Fsp3) is 0.0667. The number of carbonyl (C=O) groups is 1. The van der Waals surface area contributed by atoms with Crippen molar-refractivity contribution >= 4 is 17.3 Å². The topological polar surface area (TPSA) is 86.7 Å². The largest absolute Gasteiger partial charge is 0.427 e. The number of pyridine rings is 1. The van der Waals surface area contributed by atoms with E-state index in [1.165, 1.54) is 19.2 Å². The van der Waals surface area contributed by atoms with Crippen LogP contribution in [0.3, 0.4) is 0 Å². The highest BCUT2D eigenvalue weighted by atomic mass is 16.6. The van der Waals surface area contributed by atoms with Crippen molar-refractivity contribution in [1.82, 2.24) is 9.38 Å². The maximum Gasteiger partial charge on any atom is 0.308 e. The molecule has 3 aromatic rings. The first-order valence-electron chi connectivity index (χ1n) is 6.45. The van der Waals surface area contributed by atoms with Gasteiger partial charge in [0.25, 0.3) is 5.69 Å². The molecule has 0 bridgehead atoms. The summed E-state index contributed by atoms with van der Waals surface area (Å²) in [5.74, 6) is 0.0726. The number of aromatic nitrogens is 2. The molecule has 0 atom stereocenters. The summed E-state index contributed by atoms with van der Waals surface area (Å²) < 4.78 is 6.57. The molecule has 0 N–H and O–H groups in total. The van der Waals surface area contributed by atoms with E-state index in [0.717, 1.165) is 5.56 Å². The molecule has 0 aliphatic carbocycles. The van der Waals surface area contributed by atoms with Crippen LogP contribution in [0.25, 0.3) is 16.9 Å². The molecule has 22 heavy (non-hydrogen) atoms. The lowest BCUT2D eigenvalue weighted by Gasteiger charge is -2.01. The highest BCUT2D eigenvalue weighted by molar-refractivity contribution is 5.70. The van der Waals surface area contributed by atoms with E-state index in [-0.39, 0.29) is 11.7 Å². The lowest BCUT2D eigenvalue weighted by atomic mass is 10.2. The number of hydrogen-bond acceptors (Lipinski definition) is 5. The molecule has 0 aliphatic heterocycles. The van der Waals surface area contributed by atoms with Crippen molar-refractivity contribution < 1.29 is 14.5 Å². The lowest BCUT2D eigenvalue weighted by Crippen LogP contribution is -2.00. The number of nitrogens with zero attached hydrogens (tertiary/aromatic N) is 3. The Bertz CT molecular complexity index is 868. The van der Waals surface area contributed by atoms with Crippen LogP contribution < -0.4 is 4.74 Å². The molecule has 2 heterocycles. The van der Waals surface area contributed by atoms with Crippen LogP contribution in [0, 0.1) is 10.1 Å². The van der Waals surface area contributed by atoms with Gasteiger partial charge in [0, 0.05) is 24.8 Å². The van der Waals surface area contributed by atoms with Crippen LogP contribution in [0.4, 0.5) is 5.69 Å². The zero-order valence-corrected chi connectivity index (χ0v) is 11.6. The van der Waals surface area contributed by atoms with Crippen LogP contribution in [0.15, 0.2) is 48.8 Å². The lowest BCUT2D eigenvalue weighted by molar-refractivity contribution is -0.385. The fourth-order valence-electron chi connectivity index (χ4n) is 2.09. The Morgan fingerprint density at radius 3 is 2.55 bits per heavy atom. The zero-order chi connectivity index (χ0) is 15.7. The summed E-state index contributed by atoms with van der Waals surface area (Å²) in [6.45, 7) is 1.34. The molecule has 1 aromatic carbocycles. The van der Waals surface area contributed by atoms with E-state index < -0.39 is 4.92 Å². The number of hydrogen-bond donors (Lipinski definition) is 0. The molecule has 0 aliphatic rings. The Kier molecular flexibility index (Phi) is 3.30. The first kappa shape index (κ1) is 13.7. The predicted octanol–water partition coefficient (Wildman–Crippen LogP) is 2.83. The number of carbonyl (C=O) groups excluding carboxylic acids is 1. The quantitative estimate of drug-likeness (QED) is 0.321. The Morgan fingerprint density at radius 1 is 1.18 bits per heavy atom. The summed E-state index contributed by atoms with van der Waals surface area (Å²) in [6.07, 6.45) is 3.13. The Labute approximate surface area is 124 Å². The summed E-state index contributed by atoms with van der Waals surface area (Å²) >= 11 is 0. The van der Waals surface area contributed by atoms with Crippen LogP contribution in [-0.4, -0.2) is 20.3 Å². The number of esters is 1. The van der Waals surface area contributed by atoms with Gasteiger partial charge in [-0.3, -0.25) is 19.3 Å². The maximum absolute atomic E-state index is 10.9. The second-order valence-corrected chi connectivity index (χ2v) is 4.65. The second-order valence-electron chi connectivity index (χ2n) is 4.65. The highest BCUT2D eigenvalue weighted by Gasteiger charge is 2.10. The second kappa shape index (κ2) is 5.28. The number of ether oxygens (including phenoxy) is 1. The third kappa shape index (κ3) is 2.64. The van der Waals surface area contributed by atoms with E-state index in [9.17, 15) is 14.9 Å². The normalized spacial score (nSPS) is 10.6. The van der Waals surface area contributed by atoms with E-state index >= 15 is 0 Å². The average Bonchev–Trinajstić information content (AvgIpc) is 2.90. The minimum atomic E-state index is -0.451. The first-order chi connectivity index (χ1) is 10.5. The van der Waals surface area contributed by atoms with E-state index in [1.54, 1.807) is 40.9 Å². The van der Waals surface area contributed by atoms with Crippen LogP contribution >= 0.6 is 0 Å². The van der Waals surface area contributed by atoms with Gasteiger partial charge in [0.05, 0.1) is 16.8 Å². The van der Waals surface area contributed by atoms with Crippen LogP contribution in [0.5, 0.6) is 5.75 Å². The van der Waals surface area contributed by atoms with Crippen molar-refractivity contribution in [3.8, 4) is 17.0 Å². The molecular formula is C15H11N3O4. The van der Waals surface area contributed by atoms with Gasteiger partial charge < -0.3 is 4.74 Å². The van der Waals surface area contributed by atoms with Gasteiger partial charge in [0.1, 0.15) is 11.4 Å². The van der Waals surface area contributed by atoms with Crippen molar-refractivity contribution in [1.29, 1.82) is 0 Å². The number of fused-ring (bicyclic) bond motifs is 1. The molecule has 0 fully saturated rings. The number of imidazole rings is 1. The van der Waals surface area contributed by atoms with Crippen molar-refractivity contribution in [2.75, 3.05) is 0 Å². The summed E-state index contributed by atoms with van der Waals surface area (Å²) in [5, 5.41) is 10.8. The molecule has 0 radical (unpaired) electrons. The van der Waals surface area contributed by atoms with Crippen molar-refractivity contribution in [2.24, 2.45) is 0 Å². The van der Waals surface area contributed by atoms with Gasteiger partial charge >= 0.3 is 5.97 Å². The highest BCUT2D eigenvalue weighted by Crippen LogP contribution is 2.23. The van der Waals surface area contributed by atoms with E-state index in [4.69, 9.17) is 4.74 Å². The van der Waals surface area contributed by atoms with Crippen LogP contribution in [0.2, 0.25) is 0 Å². The SMILES string of the molecule is CC(=O)Oc1ccc(-c2cn3cc([N+](=O)[O-])ccc3n2)cc1. The molecule has 7 heteroatoms. The standard InChI is InChI=1S/C15H11N3O4/c1-10(19)22-13-5-2-11(3-6-13)14-9-17-8-12(18(20)21)4-7-15(17)16-14/h2-9H,1H3. The summed E-state index contributed by atoms with van der Waals surface area (Å²) in [5.41, 5.74) is 2.11. The Hall–Kier alpha value is -3.22. The smallest absolute Gasteiger partial charge is 0.308 e. The number of nitro groups is 1. The molecule has 2 aromatic heterocycles. The molecule has 7 nitrogen and oxygen atoms in total. The summed E-state index contributed by atoms with van der Waals surface area (Å²) in [6, 6.07) is 9.89. The predicted molar refractivity (Wildman–Crippen MR) is 78.6 cm³/mol. The molecule has 0 spiro atoms. The Balaban J connectivity index is 1.95. The van der Waals surface area contributed by atoms with Crippen molar-refractivity contribution in [3.05, 3.63) is 58.9 Å². The third-order valence-electron chi connectivity index (χ3n) is 3.06. The summed E-state index contributed by atoms with van der Waals surface area (Å²) in [7, 11) is 0. The first-order valence-corrected chi connectivity index (χ1v) is 6.45. The minimum Gasteiger partial charge on any atom is -0.427 e. The van der Waals surface area contributed by atoms with Crippen LogP contribution in [-0.2, 0) is 4.79 Å². The fourth-order valence-corrected chi connectivity index (χ4v) is 2.09. The molecule has 110 valence electrons. The zero-order valence-electron chi connectivity index (χ0n) is 11.6. The minimum absolute atomic E-state index is 0.00153. The molecule has 0 saturated heterocycles. The molecule has 3 rings (SSSR count). The molecular weight excluding hydrogens is 286 g/mol. The van der Waals surface area contributed by atoms with Gasteiger partial charge in [-0.2, -0.15) is 0 Å².